The first kappa shape index (κ1) is 31.8. The Morgan fingerprint density at radius 1 is 1.20 bits per heavy atom. The Hall–Kier alpha value is -3.72. The number of ether oxygens (including phenoxy) is 3. The van der Waals surface area contributed by atoms with E-state index in [2.05, 4.69) is 10.6 Å². The molecule has 3 rings (SSSR count). The number of nitrogens with one attached hydrogen (secondary N) is 2. The number of thioether (sulfide) groups is 1. The van der Waals surface area contributed by atoms with E-state index in [4.69, 9.17) is 14.2 Å². The summed E-state index contributed by atoms with van der Waals surface area (Å²) in [6.07, 6.45) is -2.02. The number of hydrogen-bond acceptors (Lipinski definition) is 12. The van der Waals surface area contributed by atoms with Gasteiger partial charge in [-0.05, 0) is 34.1 Å². The summed E-state index contributed by atoms with van der Waals surface area (Å²) in [4.78, 5) is 65.8. The van der Waals surface area contributed by atoms with Gasteiger partial charge in [0, 0.05) is 35.2 Å². The molecule has 2 aliphatic heterocycles. The molecular formula is C26H35N3O11S. The molecule has 3 amide bonds. The highest BCUT2D eigenvalue weighted by molar-refractivity contribution is 7.98. The number of aliphatic hydroxyl groups excluding tert-OH is 1. The summed E-state index contributed by atoms with van der Waals surface area (Å²) in [5.41, 5.74) is -0.727. The van der Waals surface area contributed by atoms with E-state index in [1.165, 1.54) is 6.92 Å². The van der Waals surface area contributed by atoms with E-state index in [1.54, 1.807) is 20.8 Å². The first-order chi connectivity index (χ1) is 19.1. The molecular weight excluding hydrogens is 562 g/mol. The lowest BCUT2D eigenvalue weighted by Crippen LogP contribution is -2.59. The Kier molecular flexibility index (Phi) is 9.97. The van der Waals surface area contributed by atoms with Crippen molar-refractivity contribution in [2.45, 2.75) is 69.7 Å². The van der Waals surface area contributed by atoms with Gasteiger partial charge in [0.2, 0.25) is 11.8 Å². The van der Waals surface area contributed by atoms with Crippen molar-refractivity contribution in [3.05, 3.63) is 22.8 Å². The van der Waals surface area contributed by atoms with Crippen molar-refractivity contribution in [1.82, 2.24) is 15.5 Å². The van der Waals surface area contributed by atoms with Gasteiger partial charge in [0.05, 0.1) is 18.8 Å². The number of aromatic hydroxyl groups is 2. The Bertz CT molecular complexity index is 1220. The van der Waals surface area contributed by atoms with Crippen LogP contribution in [0.4, 0.5) is 4.79 Å². The lowest BCUT2D eigenvalue weighted by atomic mass is 10.0. The van der Waals surface area contributed by atoms with Crippen LogP contribution in [-0.2, 0) is 34.3 Å². The Morgan fingerprint density at radius 2 is 1.88 bits per heavy atom. The SMILES string of the molecule is COC(=O)[C@@H]1CSCc2c(O)cc(O)c(C)c2C(=O)OC[C@H](NC(=O)[C@@H]2[C@H](O)CCN2C(=O)OC(C)(C)C)C(=O)N1. The van der Waals surface area contributed by atoms with E-state index in [9.17, 15) is 39.3 Å². The van der Waals surface area contributed by atoms with Crippen LogP contribution in [0, 0.1) is 6.92 Å². The number of carbonyl (C=O) groups excluding carboxylic acids is 5. The lowest BCUT2D eigenvalue weighted by molar-refractivity contribution is -0.145. The number of amides is 3. The highest BCUT2D eigenvalue weighted by Crippen LogP contribution is 2.35. The fourth-order valence-corrected chi connectivity index (χ4v) is 5.45. The minimum absolute atomic E-state index is 0.0186. The summed E-state index contributed by atoms with van der Waals surface area (Å²) < 4.78 is 15.5. The largest absolute Gasteiger partial charge is 0.508 e. The Labute approximate surface area is 240 Å². The van der Waals surface area contributed by atoms with E-state index in [1.807, 2.05) is 0 Å². The summed E-state index contributed by atoms with van der Waals surface area (Å²) in [6.45, 7) is 5.68. The summed E-state index contributed by atoms with van der Waals surface area (Å²) in [6, 6.07) is -3.06. The van der Waals surface area contributed by atoms with Crippen LogP contribution < -0.4 is 10.6 Å². The van der Waals surface area contributed by atoms with Gasteiger partial charge >= 0.3 is 18.0 Å². The molecule has 0 aliphatic carbocycles. The monoisotopic (exact) mass is 597 g/mol. The van der Waals surface area contributed by atoms with Gasteiger partial charge in [0.1, 0.15) is 41.8 Å². The number of cyclic esters (lactones) is 1. The molecule has 15 heteroatoms. The number of likely N-dealkylation sites (tertiary alicyclic amines) is 1. The third kappa shape index (κ3) is 7.52. The van der Waals surface area contributed by atoms with Gasteiger partial charge < -0.3 is 40.2 Å². The second-order valence-corrected chi connectivity index (χ2v) is 11.7. The van der Waals surface area contributed by atoms with Crippen molar-refractivity contribution < 1.29 is 53.5 Å². The molecule has 0 spiro atoms. The molecule has 14 nitrogen and oxygen atoms in total. The predicted octanol–water partition coefficient (Wildman–Crippen LogP) is 0.323. The van der Waals surface area contributed by atoms with Gasteiger partial charge in [-0.2, -0.15) is 11.8 Å². The van der Waals surface area contributed by atoms with Crippen LogP contribution in [0.3, 0.4) is 0 Å². The fourth-order valence-electron chi connectivity index (χ4n) is 4.38. The molecule has 1 saturated heterocycles. The highest BCUT2D eigenvalue weighted by atomic mass is 32.2. The minimum Gasteiger partial charge on any atom is -0.508 e. The maximum absolute atomic E-state index is 13.3. The van der Waals surface area contributed by atoms with Crippen molar-refractivity contribution >= 4 is 41.6 Å². The summed E-state index contributed by atoms with van der Waals surface area (Å²) >= 11 is 1.10. The summed E-state index contributed by atoms with van der Waals surface area (Å²) in [7, 11) is 1.14. The van der Waals surface area contributed by atoms with Crippen LogP contribution in [0.15, 0.2) is 6.07 Å². The fraction of sp³-hybridized carbons (Fsp3) is 0.577. The number of carbonyl (C=O) groups is 5. The Balaban J connectivity index is 1.92. The van der Waals surface area contributed by atoms with Crippen LogP contribution in [0.5, 0.6) is 11.5 Å². The number of methoxy groups -OCH3 is 1. The molecule has 0 saturated carbocycles. The lowest BCUT2D eigenvalue weighted by Gasteiger charge is -2.30. The van der Waals surface area contributed by atoms with Gasteiger partial charge in [-0.15, -0.1) is 0 Å². The molecule has 2 aliphatic rings. The first-order valence-corrected chi connectivity index (χ1v) is 14.0. The predicted molar refractivity (Wildman–Crippen MR) is 144 cm³/mol. The quantitative estimate of drug-likeness (QED) is 0.236. The molecule has 2 heterocycles. The van der Waals surface area contributed by atoms with Gasteiger partial charge in [0.25, 0.3) is 0 Å². The minimum atomic E-state index is -1.56. The number of esters is 2. The normalized spacial score (nSPS) is 23.7. The average molecular weight is 598 g/mol. The number of nitrogens with zero attached hydrogens (tertiary/aromatic N) is 1. The Morgan fingerprint density at radius 3 is 2.51 bits per heavy atom. The third-order valence-electron chi connectivity index (χ3n) is 6.46. The van der Waals surface area contributed by atoms with Crippen molar-refractivity contribution in [2.75, 3.05) is 26.0 Å². The second-order valence-electron chi connectivity index (χ2n) is 10.6. The number of hydrogen-bond donors (Lipinski definition) is 5. The number of phenols is 2. The van der Waals surface area contributed by atoms with Crippen LogP contribution in [0.1, 0.15) is 48.7 Å². The maximum atomic E-state index is 13.3. The van der Waals surface area contributed by atoms with E-state index in [0.29, 0.717) is 0 Å². The number of aliphatic hydroxyl groups is 1. The van der Waals surface area contributed by atoms with E-state index in [-0.39, 0.29) is 52.7 Å². The van der Waals surface area contributed by atoms with E-state index in [0.717, 1.165) is 29.8 Å². The van der Waals surface area contributed by atoms with Crippen molar-refractivity contribution in [1.29, 1.82) is 0 Å². The topological polar surface area (TPSA) is 201 Å². The molecule has 4 atom stereocenters. The van der Waals surface area contributed by atoms with E-state index >= 15 is 0 Å². The molecule has 41 heavy (non-hydrogen) atoms. The molecule has 0 aromatic heterocycles. The van der Waals surface area contributed by atoms with Gasteiger partial charge in [-0.3, -0.25) is 14.5 Å². The van der Waals surface area contributed by atoms with Gasteiger partial charge in [0.15, 0.2) is 0 Å². The molecule has 5 N–H and O–H groups in total. The van der Waals surface area contributed by atoms with Crippen molar-refractivity contribution in [3.8, 4) is 11.5 Å². The molecule has 0 unspecified atom stereocenters. The second kappa shape index (κ2) is 12.9. The zero-order valence-corrected chi connectivity index (χ0v) is 24.2. The average Bonchev–Trinajstić information content (AvgIpc) is 3.27. The zero-order chi connectivity index (χ0) is 30.6. The van der Waals surface area contributed by atoms with Gasteiger partial charge in [-0.25, -0.2) is 14.4 Å². The van der Waals surface area contributed by atoms with Gasteiger partial charge in [-0.1, -0.05) is 0 Å². The smallest absolute Gasteiger partial charge is 0.411 e. The molecule has 1 aromatic carbocycles. The van der Waals surface area contributed by atoms with E-state index < -0.39 is 66.3 Å². The van der Waals surface area contributed by atoms with Crippen LogP contribution in [0.2, 0.25) is 0 Å². The standard InChI is InChI=1S/C26H35N3O11S/c1-12-17(31)8-18(32)13-10-41-11-15(23(35)38-5)28-21(33)14(9-39-24(36)19(12)13)27-22(34)20-16(30)6-7-29(20)25(37)40-26(2,3)4/h8,14-16,20,30-32H,6-7,9-11H2,1-5H3,(H,27,34)(H,28,33)/t14-,15-,16+,20-/m0/s1. The van der Waals surface area contributed by atoms with Crippen LogP contribution in [-0.4, -0.2) is 106 Å². The number of fused-ring (bicyclic) bond motifs is 1. The highest BCUT2D eigenvalue weighted by Gasteiger charge is 2.44. The van der Waals surface area contributed by atoms with Crippen LogP contribution >= 0.6 is 11.8 Å². The van der Waals surface area contributed by atoms with Crippen molar-refractivity contribution in [2.24, 2.45) is 0 Å². The molecule has 0 radical (unpaired) electrons. The maximum Gasteiger partial charge on any atom is 0.411 e. The molecule has 1 fully saturated rings. The molecule has 226 valence electrons. The zero-order valence-electron chi connectivity index (χ0n) is 23.4. The van der Waals surface area contributed by atoms with Crippen LogP contribution in [0.25, 0.3) is 0 Å². The number of benzene rings is 1. The molecule has 1 aromatic rings. The number of phenolic OH excluding ortho intramolecular Hbond substituents is 2. The van der Waals surface area contributed by atoms with Crippen molar-refractivity contribution in [3.63, 3.8) is 0 Å². The molecule has 0 bridgehead atoms. The number of rotatable bonds is 3. The third-order valence-corrected chi connectivity index (χ3v) is 7.52. The summed E-state index contributed by atoms with van der Waals surface area (Å²) in [5.74, 6) is -4.29. The first-order valence-electron chi connectivity index (χ1n) is 12.8. The summed E-state index contributed by atoms with van der Waals surface area (Å²) in [5, 5.41) is 36.0.